The molecule has 3 aromatic carbocycles. The fraction of sp³-hybridized carbons (Fsp3) is 0. The van der Waals surface area contributed by atoms with Crippen molar-refractivity contribution in [3.05, 3.63) is 82.8 Å². The van der Waals surface area contributed by atoms with Gasteiger partial charge in [-0.25, -0.2) is 4.98 Å². The molecule has 0 unspecified atom stereocenters. The van der Waals surface area contributed by atoms with Crippen LogP contribution in [0.4, 0.5) is 0 Å². The highest BCUT2D eigenvalue weighted by atomic mass is 79.9. The minimum absolute atomic E-state index is 0.163. The number of halogens is 1. The Morgan fingerprint density at radius 1 is 0.920 bits per heavy atom. The number of rotatable bonds is 2. The zero-order valence-corrected chi connectivity index (χ0v) is 14.6. The van der Waals surface area contributed by atoms with Crippen molar-refractivity contribution >= 4 is 32.9 Å². The van der Waals surface area contributed by atoms with Gasteiger partial charge in [0.05, 0.1) is 16.6 Å². The molecule has 0 aliphatic heterocycles. The molecule has 0 atom stereocenters. The maximum atomic E-state index is 13.2. The van der Waals surface area contributed by atoms with E-state index in [2.05, 4.69) is 20.9 Å². The summed E-state index contributed by atoms with van der Waals surface area (Å²) >= 11 is 3.45. The van der Waals surface area contributed by atoms with Gasteiger partial charge in [0, 0.05) is 10.0 Å². The Kier molecular flexibility index (Phi) is 3.86. The number of hydrogen-bond acceptors (Lipinski definition) is 3. The highest BCUT2D eigenvalue weighted by molar-refractivity contribution is 9.10. The summed E-state index contributed by atoms with van der Waals surface area (Å²) < 4.78 is 2.34. The Balaban J connectivity index is 1.98. The van der Waals surface area contributed by atoms with Crippen LogP contribution in [0, 0.1) is 0 Å². The second-order valence-corrected chi connectivity index (χ2v) is 6.45. The number of nitrogens with zero attached hydrogens (tertiary/aromatic N) is 2. The third kappa shape index (κ3) is 2.72. The maximum Gasteiger partial charge on any atom is 0.265 e. The van der Waals surface area contributed by atoms with Crippen LogP contribution in [0.25, 0.3) is 22.4 Å². The Morgan fingerprint density at radius 2 is 1.60 bits per heavy atom. The van der Waals surface area contributed by atoms with Crippen molar-refractivity contribution in [3.8, 4) is 17.1 Å². The van der Waals surface area contributed by atoms with E-state index in [-0.39, 0.29) is 11.7 Å². The van der Waals surface area contributed by atoms with Crippen molar-refractivity contribution in [1.29, 1.82) is 0 Å². The molecule has 0 aliphatic rings. The quantitative estimate of drug-likeness (QED) is 0.529. The van der Waals surface area contributed by atoms with Crippen LogP contribution in [-0.4, -0.2) is 20.6 Å². The van der Waals surface area contributed by atoms with E-state index in [0.29, 0.717) is 11.4 Å². The Labute approximate surface area is 152 Å². The topological polar surface area (TPSA) is 55.1 Å². The highest BCUT2D eigenvalue weighted by Crippen LogP contribution is 2.28. The molecular weight excluding hydrogens is 380 g/mol. The Hall–Kier alpha value is -2.92. The number of imidazole rings is 1. The van der Waals surface area contributed by atoms with Crippen molar-refractivity contribution in [2.75, 3.05) is 0 Å². The third-order valence-corrected chi connectivity index (χ3v) is 4.69. The summed E-state index contributed by atoms with van der Waals surface area (Å²) in [5.74, 6) is 0.551. The lowest BCUT2D eigenvalue weighted by atomic mass is 10.1. The maximum absolute atomic E-state index is 13.2. The van der Waals surface area contributed by atoms with E-state index in [4.69, 9.17) is 0 Å². The van der Waals surface area contributed by atoms with E-state index >= 15 is 0 Å². The van der Waals surface area contributed by atoms with Gasteiger partial charge in [0.2, 0.25) is 0 Å². The van der Waals surface area contributed by atoms with Crippen LogP contribution in [0.3, 0.4) is 0 Å². The number of para-hydroxylation sites is 2. The second-order valence-electron chi connectivity index (χ2n) is 5.59. The first kappa shape index (κ1) is 15.6. The van der Waals surface area contributed by atoms with Gasteiger partial charge in [0.15, 0.2) is 0 Å². The molecule has 1 aromatic heterocycles. The summed E-state index contributed by atoms with van der Waals surface area (Å²) in [6.07, 6.45) is 0. The number of aromatic hydroxyl groups is 1. The number of hydrogen-bond donors (Lipinski definition) is 1. The fourth-order valence-electron chi connectivity index (χ4n) is 2.79. The van der Waals surface area contributed by atoms with Gasteiger partial charge in [-0.3, -0.25) is 9.36 Å². The van der Waals surface area contributed by atoms with Gasteiger partial charge >= 0.3 is 0 Å². The molecule has 5 heteroatoms. The minimum atomic E-state index is -0.163. The molecule has 25 heavy (non-hydrogen) atoms. The molecule has 0 aliphatic carbocycles. The lowest BCUT2D eigenvalue weighted by molar-refractivity contribution is 0.0965. The van der Waals surface area contributed by atoms with Gasteiger partial charge in [-0.2, -0.15) is 0 Å². The van der Waals surface area contributed by atoms with Crippen LogP contribution in [0.5, 0.6) is 5.75 Å². The zero-order chi connectivity index (χ0) is 17.4. The molecule has 4 rings (SSSR count). The first-order chi connectivity index (χ1) is 12.1. The van der Waals surface area contributed by atoms with E-state index < -0.39 is 0 Å². The van der Waals surface area contributed by atoms with Gasteiger partial charge in [-0.05, 0) is 64.5 Å². The summed E-state index contributed by atoms with van der Waals surface area (Å²) in [5, 5.41) is 9.54. The molecule has 0 bridgehead atoms. The normalized spacial score (nSPS) is 10.9. The SMILES string of the molecule is O=C(c1ccccc1Br)n1c(-c2ccc(O)cc2)nc2ccccc21. The van der Waals surface area contributed by atoms with E-state index in [1.165, 1.54) is 0 Å². The van der Waals surface area contributed by atoms with Crippen LogP contribution in [0.1, 0.15) is 10.4 Å². The number of carbonyl (C=O) groups excluding carboxylic acids is 1. The summed E-state index contributed by atoms with van der Waals surface area (Å²) in [6, 6.07) is 21.5. The molecule has 4 aromatic rings. The first-order valence-electron chi connectivity index (χ1n) is 7.71. The Morgan fingerprint density at radius 3 is 2.36 bits per heavy atom. The predicted molar refractivity (Wildman–Crippen MR) is 101 cm³/mol. The lowest BCUT2D eigenvalue weighted by Gasteiger charge is -2.09. The lowest BCUT2D eigenvalue weighted by Crippen LogP contribution is -2.14. The van der Waals surface area contributed by atoms with E-state index in [0.717, 1.165) is 21.1 Å². The molecule has 4 nitrogen and oxygen atoms in total. The summed E-state index contributed by atoms with van der Waals surface area (Å²) in [6.45, 7) is 0. The molecule has 122 valence electrons. The first-order valence-corrected chi connectivity index (χ1v) is 8.50. The van der Waals surface area contributed by atoms with Crippen LogP contribution in [0.15, 0.2) is 77.3 Å². The van der Waals surface area contributed by atoms with Crippen molar-refractivity contribution in [2.24, 2.45) is 0 Å². The number of fused-ring (bicyclic) bond motifs is 1. The van der Waals surface area contributed by atoms with Crippen molar-refractivity contribution < 1.29 is 9.90 Å². The fourth-order valence-corrected chi connectivity index (χ4v) is 3.25. The van der Waals surface area contributed by atoms with E-state index in [1.54, 1.807) is 34.9 Å². The molecule has 0 amide bonds. The monoisotopic (exact) mass is 392 g/mol. The largest absolute Gasteiger partial charge is 0.508 e. The van der Waals surface area contributed by atoms with Crippen LogP contribution >= 0.6 is 15.9 Å². The van der Waals surface area contributed by atoms with Gasteiger partial charge < -0.3 is 5.11 Å². The number of benzene rings is 3. The van der Waals surface area contributed by atoms with E-state index in [1.807, 2.05) is 42.5 Å². The van der Waals surface area contributed by atoms with Crippen LogP contribution < -0.4 is 0 Å². The molecule has 0 spiro atoms. The van der Waals surface area contributed by atoms with Gasteiger partial charge in [0.25, 0.3) is 5.91 Å². The average Bonchev–Trinajstić information content (AvgIpc) is 3.01. The second kappa shape index (κ2) is 6.18. The zero-order valence-electron chi connectivity index (χ0n) is 13.1. The third-order valence-electron chi connectivity index (χ3n) is 3.99. The van der Waals surface area contributed by atoms with Crippen LogP contribution in [-0.2, 0) is 0 Å². The molecule has 0 fully saturated rings. The number of phenols is 1. The summed E-state index contributed by atoms with van der Waals surface area (Å²) in [5.41, 5.74) is 2.80. The standard InChI is InChI=1S/C20H13BrN2O2/c21-16-6-2-1-5-15(16)20(25)23-18-8-4-3-7-17(18)22-19(23)13-9-11-14(24)12-10-13/h1-12,24H. The van der Waals surface area contributed by atoms with Gasteiger partial charge in [-0.1, -0.05) is 24.3 Å². The molecule has 1 N–H and O–H groups in total. The Bertz CT molecular complexity index is 1080. The van der Waals surface area contributed by atoms with Gasteiger partial charge in [-0.15, -0.1) is 0 Å². The number of carbonyl (C=O) groups is 1. The molecular formula is C20H13BrN2O2. The van der Waals surface area contributed by atoms with E-state index in [9.17, 15) is 9.90 Å². The minimum Gasteiger partial charge on any atom is -0.508 e. The highest BCUT2D eigenvalue weighted by Gasteiger charge is 2.20. The predicted octanol–water partition coefficient (Wildman–Crippen LogP) is 4.86. The number of aromatic nitrogens is 2. The van der Waals surface area contributed by atoms with Crippen molar-refractivity contribution in [1.82, 2.24) is 9.55 Å². The molecule has 0 saturated carbocycles. The average molecular weight is 393 g/mol. The van der Waals surface area contributed by atoms with Crippen LogP contribution in [0.2, 0.25) is 0 Å². The molecule has 0 radical (unpaired) electrons. The smallest absolute Gasteiger partial charge is 0.265 e. The summed E-state index contributed by atoms with van der Waals surface area (Å²) in [4.78, 5) is 17.9. The van der Waals surface area contributed by atoms with Crippen molar-refractivity contribution in [2.45, 2.75) is 0 Å². The molecule has 0 saturated heterocycles. The molecule has 1 heterocycles. The van der Waals surface area contributed by atoms with Crippen molar-refractivity contribution in [3.63, 3.8) is 0 Å². The van der Waals surface area contributed by atoms with Gasteiger partial charge in [0.1, 0.15) is 11.6 Å². The number of phenolic OH excluding ortho intramolecular Hbond substituents is 1. The summed E-state index contributed by atoms with van der Waals surface area (Å²) in [7, 11) is 0.